The summed E-state index contributed by atoms with van der Waals surface area (Å²) in [5.41, 5.74) is 8.32. The molecule has 1 heterocycles. The SMILES string of the molecule is CCCn1ccnc1C(N)c1ccc(C)c(Cl)c1. The van der Waals surface area contributed by atoms with Crippen LogP contribution in [0.4, 0.5) is 0 Å². The number of imidazole rings is 1. The van der Waals surface area contributed by atoms with Crippen molar-refractivity contribution in [1.82, 2.24) is 9.55 Å². The molecule has 96 valence electrons. The molecule has 4 heteroatoms. The molecular weight excluding hydrogens is 246 g/mol. The summed E-state index contributed by atoms with van der Waals surface area (Å²) in [7, 11) is 0. The Morgan fingerprint density at radius 3 is 2.89 bits per heavy atom. The Kier molecular flexibility index (Phi) is 4.04. The molecule has 0 aliphatic heterocycles. The minimum Gasteiger partial charge on any atom is -0.333 e. The van der Waals surface area contributed by atoms with Gasteiger partial charge in [-0.1, -0.05) is 30.7 Å². The lowest BCUT2D eigenvalue weighted by atomic mass is 10.1. The molecule has 18 heavy (non-hydrogen) atoms. The molecule has 2 rings (SSSR count). The fourth-order valence-corrected chi connectivity index (χ4v) is 2.17. The summed E-state index contributed by atoms with van der Waals surface area (Å²) in [5, 5.41) is 0.747. The zero-order chi connectivity index (χ0) is 13.1. The number of aromatic nitrogens is 2. The zero-order valence-corrected chi connectivity index (χ0v) is 11.5. The highest BCUT2D eigenvalue weighted by Crippen LogP contribution is 2.23. The van der Waals surface area contributed by atoms with Gasteiger partial charge in [-0.15, -0.1) is 0 Å². The summed E-state index contributed by atoms with van der Waals surface area (Å²) < 4.78 is 2.10. The molecule has 3 nitrogen and oxygen atoms in total. The molecule has 0 saturated carbocycles. The standard InChI is InChI=1S/C14H18ClN3/c1-3-7-18-8-6-17-14(18)13(16)11-5-4-10(2)12(15)9-11/h4-6,8-9,13H,3,7,16H2,1-2H3. The van der Waals surface area contributed by atoms with Crippen LogP contribution >= 0.6 is 11.6 Å². The molecule has 1 unspecified atom stereocenters. The van der Waals surface area contributed by atoms with Gasteiger partial charge in [0.15, 0.2) is 0 Å². The second kappa shape index (κ2) is 5.55. The van der Waals surface area contributed by atoms with Crippen LogP contribution in [0, 0.1) is 6.92 Å². The van der Waals surface area contributed by atoms with Crippen LogP contribution in [0.5, 0.6) is 0 Å². The molecular formula is C14H18ClN3. The van der Waals surface area contributed by atoms with Crippen molar-refractivity contribution in [3.63, 3.8) is 0 Å². The predicted molar refractivity (Wildman–Crippen MR) is 74.7 cm³/mol. The maximum Gasteiger partial charge on any atom is 0.130 e. The molecule has 0 aliphatic carbocycles. The highest BCUT2D eigenvalue weighted by Gasteiger charge is 2.15. The fraction of sp³-hybridized carbons (Fsp3) is 0.357. The van der Waals surface area contributed by atoms with Gasteiger partial charge < -0.3 is 10.3 Å². The van der Waals surface area contributed by atoms with E-state index in [4.69, 9.17) is 17.3 Å². The minimum atomic E-state index is -0.232. The first-order valence-electron chi connectivity index (χ1n) is 6.16. The van der Waals surface area contributed by atoms with Crippen molar-refractivity contribution in [3.05, 3.63) is 52.6 Å². The van der Waals surface area contributed by atoms with E-state index in [1.165, 1.54) is 0 Å². The Morgan fingerprint density at radius 1 is 1.44 bits per heavy atom. The van der Waals surface area contributed by atoms with Gasteiger partial charge in [-0.05, 0) is 30.5 Å². The lowest BCUT2D eigenvalue weighted by Crippen LogP contribution is -2.18. The zero-order valence-electron chi connectivity index (χ0n) is 10.7. The summed E-state index contributed by atoms with van der Waals surface area (Å²) in [5.74, 6) is 0.886. The van der Waals surface area contributed by atoms with E-state index in [1.807, 2.05) is 31.3 Å². The first-order chi connectivity index (χ1) is 8.63. The van der Waals surface area contributed by atoms with E-state index in [0.717, 1.165) is 34.9 Å². The molecule has 0 aliphatic rings. The molecule has 2 aromatic rings. The van der Waals surface area contributed by atoms with Crippen LogP contribution in [-0.2, 0) is 6.54 Å². The van der Waals surface area contributed by atoms with Crippen LogP contribution in [0.25, 0.3) is 0 Å². The normalized spacial score (nSPS) is 12.7. The lowest BCUT2D eigenvalue weighted by molar-refractivity contribution is 0.613. The fourth-order valence-electron chi connectivity index (χ4n) is 1.98. The number of halogens is 1. The molecule has 2 N–H and O–H groups in total. The smallest absolute Gasteiger partial charge is 0.130 e. The average molecular weight is 264 g/mol. The van der Waals surface area contributed by atoms with E-state index in [0.29, 0.717) is 0 Å². The third-order valence-corrected chi connectivity index (χ3v) is 3.45. The van der Waals surface area contributed by atoms with Crippen LogP contribution in [0.2, 0.25) is 5.02 Å². The van der Waals surface area contributed by atoms with Crippen molar-refractivity contribution < 1.29 is 0 Å². The molecule has 0 saturated heterocycles. The quantitative estimate of drug-likeness (QED) is 0.920. The van der Waals surface area contributed by atoms with Crippen molar-refractivity contribution in [2.75, 3.05) is 0 Å². The number of hydrogen-bond donors (Lipinski definition) is 1. The van der Waals surface area contributed by atoms with Crippen LogP contribution in [0.1, 0.15) is 36.3 Å². The lowest BCUT2D eigenvalue weighted by Gasteiger charge is -2.15. The molecule has 0 bridgehead atoms. The number of nitrogens with zero attached hydrogens (tertiary/aromatic N) is 2. The van der Waals surface area contributed by atoms with Gasteiger partial charge in [0.1, 0.15) is 5.82 Å². The van der Waals surface area contributed by atoms with Gasteiger partial charge in [0.25, 0.3) is 0 Å². The van der Waals surface area contributed by atoms with Crippen LogP contribution < -0.4 is 5.73 Å². The summed E-state index contributed by atoms with van der Waals surface area (Å²) in [4.78, 5) is 4.36. The number of nitrogens with two attached hydrogens (primary N) is 1. The second-order valence-electron chi connectivity index (χ2n) is 4.47. The van der Waals surface area contributed by atoms with E-state index >= 15 is 0 Å². The van der Waals surface area contributed by atoms with Crippen LogP contribution in [0.3, 0.4) is 0 Å². The molecule has 0 spiro atoms. The minimum absolute atomic E-state index is 0.232. The highest BCUT2D eigenvalue weighted by molar-refractivity contribution is 6.31. The van der Waals surface area contributed by atoms with E-state index in [2.05, 4.69) is 16.5 Å². The third kappa shape index (κ3) is 2.57. The van der Waals surface area contributed by atoms with Gasteiger partial charge in [-0.3, -0.25) is 0 Å². The van der Waals surface area contributed by atoms with Gasteiger partial charge >= 0.3 is 0 Å². The molecule has 1 atom stereocenters. The summed E-state index contributed by atoms with van der Waals surface area (Å²) in [6.07, 6.45) is 4.82. The molecule has 0 radical (unpaired) electrons. The van der Waals surface area contributed by atoms with Gasteiger partial charge in [-0.2, -0.15) is 0 Å². The van der Waals surface area contributed by atoms with Gasteiger partial charge in [0, 0.05) is 24.0 Å². The number of rotatable bonds is 4. The maximum absolute atomic E-state index is 6.27. The maximum atomic E-state index is 6.27. The average Bonchev–Trinajstić information content (AvgIpc) is 2.80. The Bertz CT molecular complexity index is 534. The van der Waals surface area contributed by atoms with Crippen molar-refractivity contribution >= 4 is 11.6 Å². The van der Waals surface area contributed by atoms with E-state index in [9.17, 15) is 0 Å². The summed E-state index contributed by atoms with van der Waals surface area (Å²) in [6, 6.07) is 5.69. The first kappa shape index (κ1) is 13.1. The number of aryl methyl sites for hydroxylation is 2. The van der Waals surface area contributed by atoms with Crippen LogP contribution in [0.15, 0.2) is 30.6 Å². The largest absolute Gasteiger partial charge is 0.333 e. The van der Waals surface area contributed by atoms with Crippen molar-refractivity contribution in [1.29, 1.82) is 0 Å². The van der Waals surface area contributed by atoms with Crippen molar-refractivity contribution in [2.24, 2.45) is 5.73 Å². The van der Waals surface area contributed by atoms with Gasteiger partial charge in [0.05, 0.1) is 6.04 Å². The van der Waals surface area contributed by atoms with Gasteiger partial charge in [0.2, 0.25) is 0 Å². The first-order valence-corrected chi connectivity index (χ1v) is 6.54. The second-order valence-corrected chi connectivity index (χ2v) is 4.87. The topological polar surface area (TPSA) is 43.8 Å². The Morgan fingerprint density at radius 2 is 2.22 bits per heavy atom. The van der Waals surface area contributed by atoms with Crippen molar-refractivity contribution in [3.8, 4) is 0 Å². The van der Waals surface area contributed by atoms with E-state index in [-0.39, 0.29) is 6.04 Å². The van der Waals surface area contributed by atoms with Crippen molar-refractivity contribution in [2.45, 2.75) is 32.9 Å². The Balaban J connectivity index is 2.32. The molecule has 1 aromatic heterocycles. The third-order valence-electron chi connectivity index (χ3n) is 3.05. The van der Waals surface area contributed by atoms with E-state index in [1.54, 1.807) is 6.20 Å². The number of benzene rings is 1. The summed E-state index contributed by atoms with van der Waals surface area (Å²) >= 11 is 6.14. The Labute approximate surface area is 113 Å². The van der Waals surface area contributed by atoms with E-state index < -0.39 is 0 Å². The monoisotopic (exact) mass is 263 g/mol. The highest BCUT2D eigenvalue weighted by atomic mass is 35.5. The summed E-state index contributed by atoms with van der Waals surface area (Å²) in [6.45, 7) is 5.05. The molecule has 1 aromatic carbocycles. The Hall–Kier alpha value is -1.32. The number of hydrogen-bond acceptors (Lipinski definition) is 2. The van der Waals surface area contributed by atoms with Gasteiger partial charge in [-0.25, -0.2) is 4.98 Å². The predicted octanol–water partition coefficient (Wildman–Crippen LogP) is 3.30. The molecule has 0 fully saturated rings. The molecule has 0 amide bonds. The van der Waals surface area contributed by atoms with Crippen LogP contribution in [-0.4, -0.2) is 9.55 Å².